The van der Waals surface area contributed by atoms with E-state index < -0.39 is 47.0 Å². The molecule has 61 heavy (non-hydrogen) atoms. The number of hydrogen-bond acceptors (Lipinski definition) is 12. The molecule has 1 atom stereocenters. The van der Waals surface area contributed by atoms with Gasteiger partial charge in [-0.1, -0.05) is 62.7 Å². The molecule has 0 aliphatic carbocycles. The van der Waals surface area contributed by atoms with Crippen LogP contribution in [-0.4, -0.2) is 65.0 Å². The number of guanidine groups is 1. The van der Waals surface area contributed by atoms with Gasteiger partial charge in [-0.2, -0.15) is 9.59 Å². The maximum absolute atomic E-state index is 13.1. The van der Waals surface area contributed by atoms with Crippen LogP contribution < -0.4 is 20.7 Å². The lowest BCUT2D eigenvalue weighted by Gasteiger charge is -2.25. The van der Waals surface area contributed by atoms with Crippen LogP contribution in [-0.2, 0) is 51.6 Å². The number of nitrogens with one attached hydrogen (secondary N) is 3. The normalized spacial score (nSPS) is 11.9. The van der Waals surface area contributed by atoms with Gasteiger partial charge in [-0.05, 0) is 127 Å². The van der Waals surface area contributed by atoms with Crippen molar-refractivity contribution in [2.45, 2.75) is 131 Å². The smallest absolute Gasteiger partial charge is 0.414 e. The first kappa shape index (κ1) is 51.1. The van der Waals surface area contributed by atoms with Crippen LogP contribution in [0, 0.1) is 0 Å². The van der Waals surface area contributed by atoms with Gasteiger partial charge in [0.1, 0.15) is 28.6 Å². The van der Waals surface area contributed by atoms with Crippen LogP contribution >= 0.6 is 11.6 Å². The fourth-order valence-corrected chi connectivity index (χ4v) is 5.37. The zero-order valence-corrected chi connectivity index (χ0v) is 37.6. The second-order valence-corrected chi connectivity index (χ2v) is 18.2. The third-order valence-corrected chi connectivity index (χ3v) is 8.08. The van der Waals surface area contributed by atoms with Gasteiger partial charge >= 0.3 is 30.3 Å². The standard InChI is InChI=1S/C44H57ClN4O9.CO2/c1-41(2,3)30-19-13-27(14-20-30)25-34(37(52)56-42(4,5)6)47-35(50)24-18-28-17-23-32(26-33(28)45)55-36(51)29-15-21-31(22-16-29)46-38(48-39(53)57-43(7,8)9)49-40(54)58-44(10,11)12;2-1-3/h13-17,19-23,26,34H,18,24-25H2,1-12H3,(H,47,50)(H2,46,48,49,53,54);/t34-;/m0./s1. The van der Waals surface area contributed by atoms with Gasteiger partial charge < -0.3 is 24.3 Å². The molecule has 0 fully saturated rings. The fraction of sp³-hybridized carbons (Fsp3) is 0.444. The van der Waals surface area contributed by atoms with Crippen molar-refractivity contribution in [2.24, 2.45) is 4.99 Å². The van der Waals surface area contributed by atoms with E-state index in [9.17, 15) is 24.0 Å². The Morgan fingerprint density at radius 1 is 0.705 bits per heavy atom. The van der Waals surface area contributed by atoms with Crippen LogP contribution in [0.3, 0.4) is 0 Å². The molecule has 0 aromatic heterocycles. The van der Waals surface area contributed by atoms with Crippen LogP contribution in [0.5, 0.6) is 5.75 Å². The Balaban J connectivity index is 0.00000414. The number of carbonyl (C=O) groups is 5. The van der Waals surface area contributed by atoms with E-state index in [4.69, 9.17) is 40.1 Å². The Morgan fingerprint density at radius 2 is 1.21 bits per heavy atom. The molecule has 0 saturated carbocycles. The molecular formula is C45H57ClN4O11. The molecule has 0 aliphatic rings. The Hall–Kier alpha value is -6.05. The monoisotopic (exact) mass is 864 g/mol. The van der Waals surface area contributed by atoms with Gasteiger partial charge in [0.2, 0.25) is 11.9 Å². The lowest BCUT2D eigenvalue weighted by molar-refractivity contribution is -0.191. The van der Waals surface area contributed by atoms with Gasteiger partial charge in [-0.15, -0.1) is 0 Å². The predicted octanol–water partition coefficient (Wildman–Crippen LogP) is 8.31. The van der Waals surface area contributed by atoms with E-state index in [0.717, 1.165) is 11.1 Å². The summed E-state index contributed by atoms with van der Waals surface area (Å²) >= 11 is 6.55. The molecule has 0 saturated heterocycles. The molecule has 0 aliphatic heterocycles. The van der Waals surface area contributed by atoms with Crippen molar-refractivity contribution in [1.82, 2.24) is 16.0 Å². The highest BCUT2D eigenvalue weighted by Gasteiger charge is 2.28. The summed E-state index contributed by atoms with van der Waals surface area (Å²) in [6.07, 6.45) is -0.889. The van der Waals surface area contributed by atoms with Gasteiger partial charge in [0, 0.05) is 17.9 Å². The number of alkyl carbamates (subject to hydrolysis) is 2. The first-order valence-corrected chi connectivity index (χ1v) is 19.8. The van der Waals surface area contributed by atoms with Crippen molar-refractivity contribution in [2.75, 3.05) is 0 Å². The highest BCUT2D eigenvalue weighted by molar-refractivity contribution is 6.31. The second-order valence-electron chi connectivity index (χ2n) is 17.8. The molecule has 0 radical (unpaired) electrons. The van der Waals surface area contributed by atoms with E-state index in [1.807, 2.05) is 24.3 Å². The zero-order valence-electron chi connectivity index (χ0n) is 36.9. The number of amides is 3. The molecular weight excluding hydrogens is 808 g/mol. The Bertz CT molecular complexity index is 2030. The predicted molar refractivity (Wildman–Crippen MR) is 229 cm³/mol. The summed E-state index contributed by atoms with van der Waals surface area (Å²) in [7, 11) is 0. The van der Waals surface area contributed by atoms with Crippen LogP contribution in [0.25, 0.3) is 0 Å². The summed E-state index contributed by atoms with van der Waals surface area (Å²) in [5, 5.41) is 7.93. The summed E-state index contributed by atoms with van der Waals surface area (Å²) < 4.78 is 21.7. The highest BCUT2D eigenvalue weighted by atomic mass is 35.5. The SMILES string of the molecule is CC(C)(C)OC(=O)NC(=Nc1ccc(C(=O)Oc2ccc(CCC(=O)N[C@@H](Cc3ccc(C(C)(C)C)cc3)C(=O)OC(C)(C)C)c(Cl)c2)cc1)NC(=O)OC(C)(C)C.O=C=O. The molecule has 3 aromatic rings. The summed E-state index contributed by atoms with van der Waals surface area (Å²) in [6, 6.07) is 17.7. The third kappa shape index (κ3) is 20.2. The number of nitrogens with zero attached hydrogens (tertiary/aromatic N) is 1. The van der Waals surface area contributed by atoms with E-state index in [1.165, 1.54) is 30.3 Å². The molecule has 0 bridgehead atoms. The lowest BCUT2D eigenvalue weighted by Crippen LogP contribution is -2.47. The van der Waals surface area contributed by atoms with Crippen molar-refractivity contribution in [3.8, 4) is 5.75 Å². The van der Waals surface area contributed by atoms with Crippen molar-refractivity contribution in [3.63, 3.8) is 0 Å². The molecule has 0 unspecified atom stereocenters. The minimum absolute atomic E-state index is 0.0245. The highest BCUT2D eigenvalue weighted by Crippen LogP contribution is 2.26. The van der Waals surface area contributed by atoms with Crippen LogP contribution in [0.2, 0.25) is 5.02 Å². The molecule has 0 heterocycles. The van der Waals surface area contributed by atoms with Gasteiger partial charge in [0.15, 0.2) is 0 Å². The van der Waals surface area contributed by atoms with Crippen molar-refractivity contribution in [3.05, 3.63) is 94.0 Å². The van der Waals surface area contributed by atoms with Gasteiger partial charge in [0.25, 0.3) is 0 Å². The largest absolute Gasteiger partial charge is 0.458 e. The number of aliphatic imine (C=N–C) groups is 1. The van der Waals surface area contributed by atoms with E-state index in [0.29, 0.717) is 5.56 Å². The fourth-order valence-electron chi connectivity index (χ4n) is 5.11. The number of aryl methyl sites for hydroxylation is 1. The zero-order chi connectivity index (χ0) is 46.3. The molecule has 3 N–H and O–H groups in total. The van der Waals surface area contributed by atoms with E-state index in [1.54, 1.807) is 74.4 Å². The van der Waals surface area contributed by atoms with Crippen LogP contribution in [0.1, 0.15) is 117 Å². The number of hydrogen-bond donors (Lipinski definition) is 3. The first-order chi connectivity index (χ1) is 28.1. The first-order valence-electron chi connectivity index (χ1n) is 19.4. The second kappa shape index (κ2) is 22.0. The molecule has 0 spiro atoms. The summed E-state index contributed by atoms with van der Waals surface area (Å²) in [4.78, 5) is 84.7. The number of halogens is 1. The van der Waals surface area contributed by atoms with Crippen LogP contribution in [0.4, 0.5) is 15.3 Å². The molecule has 3 rings (SSSR count). The average Bonchev–Trinajstić information content (AvgIpc) is 3.09. The van der Waals surface area contributed by atoms with Crippen molar-refractivity contribution in [1.29, 1.82) is 0 Å². The third-order valence-electron chi connectivity index (χ3n) is 7.73. The number of esters is 2. The van der Waals surface area contributed by atoms with E-state index in [2.05, 4.69) is 41.7 Å². The molecule has 15 nitrogen and oxygen atoms in total. The minimum atomic E-state index is -0.893. The minimum Gasteiger partial charge on any atom is -0.458 e. The van der Waals surface area contributed by atoms with Crippen molar-refractivity contribution >= 4 is 59.4 Å². The average molecular weight is 865 g/mol. The Labute approximate surface area is 362 Å². The Morgan fingerprint density at radius 3 is 1.67 bits per heavy atom. The quantitative estimate of drug-likeness (QED) is 0.0581. The molecule has 330 valence electrons. The number of rotatable bonds is 10. The van der Waals surface area contributed by atoms with E-state index in [-0.39, 0.29) is 64.7 Å². The molecule has 3 aromatic carbocycles. The molecule has 3 amide bonds. The van der Waals surface area contributed by atoms with Crippen molar-refractivity contribution < 1.29 is 52.5 Å². The summed E-state index contributed by atoms with van der Waals surface area (Å²) in [5.41, 5.74) is 0.773. The number of carbonyl (C=O) groups excluding carboxylic acids is 7. The van der Waals surface area contributed by atoms with E-state index >= 15 is 0 Å². The summed E-state index contributed by atoms with van der Waals surface area (Å²) in [5.74, 6) is -1.63. The Kier molecular flexibility index (Phi) is 18.4. The number of benzene rings is 3. The summed E-state index contributed by atoms with van der Waals surface area (Å²) in [6.45, 7) is 21.8. The van der Waals surface area contributed by atoms with Gasteiger partial charge in [-0.3, -0.25) is 15.4 Å². The maximum atomic E-state index is 13.1. The number of ether oxygens (including phenoxy) is 4. The van der Waals surface area contributed by atoms with Gasteiger partial charge in [-0.25, -0.2) is 24.2 Å². The molecule has 16 heteroatoms. The maximum Gasteiger partial charge on any atom is 0.414 e. The van der Waals surface area contributed by atoms with Crippen LogP contribution in [0.15, 0.2) is 71.7 Å². The lowest BCUT2D eigenvalue weighted by atomic mass is 9.86. The van der Waals surface area contributed by atoms with Gasteiger partial charge in [0.05, 0.1) is 11.3 Å². The topological polar surface area (TPSA) is 205 Å².